The lowest BCUT2D eigenvalue weighted by atomic mass is 9.66. The molecule has 4 heteroatoms. The molecular formula is C93H66O4. The quantitative estimate of drug-likeness (QED) is 0.101. The average molecular weight is 1250 g/mol. The first-order valence-corrected chi connectivity index (χ1v) is 33.4. The van der Waals surface area contributed by atoms with Crippen molar-refractivity contribution < 1.29 is 19.7 Å². The third-order valence-electron chi connectivity index (χ3n) is 19.9. The van der Waals surface area contributed by atoms with Crippen molar-refractivity contribution in [3.05, 3.63) is 362 Å². The lowest BCUT2D eigenvalue weighted by molar-refractivity contribution is 0.202. The molecule has 4 nitrogen and oxygen atoms in total. The van der Waals surface area contributed by atoms with E-state index in [1.165, 1.54) is 43.1 Å². The molecular weight excluding hydrogens is 1180 g/mol. The minimum Gasteiger partial charge on any atom is -0.490 e. The minimum absolute atomic E-state index is 0.0823. The number of fused-ring (bicyclic) bond motifs is 7. The summed E-state index contributed by atoms with van der Waals surface area (Å²) in [5, 5.41) is 31.1. The van der Waals surface area contributed by atoms with Crippen molar-refractivity contribution in [2.45, 2.75) is 5.41 Å². The van der Waals surface area contributed by atoms with Gasteiger partial charge in [0.1, 0.15) is 24.7 Å². The highest BCUT2D eigenvalue weighted by atomic mass is 16.5. The van der Waals surface area contributed by atoms with Crippen LogP contribution in [0.15, 0.2) is 340 Å². The summed E-state index contributed by atoms with van der Waals surface area (Å²) in [5.41, 5.74) is 22.1. The van der Waals surface area contributed by atoms with Gasteiger partial charge in [-0.1, -0.05) is 315 Å². The molecule has 17 rings (SSSR count). The molecule has 0 amide bonds. The Morgan fingerprint density at radius 3 is 0.701 bits per heavy atom. The normalized spacial score (nSPS) is 12.3. The Kier molecular flexibility index (Phi) is 15.2. The summed E-state index contributed by atoms with van der Waals surface area (Å²) < 4.78 is 14.0. The first-order valence-electron chi connectivity index (χ1n) is 33.4. The van der Waals surface area contributed by atoms with Crippen molar-refractivity contribution in [2.75, 3.05) is 26.4 Å². The van der Waals surface area contributed by atoms with Crippen LogP contribution in [-0.4, -0.2) is 36.6 Å². The third-order valence-corrected chi connectivity index (χ3v) is 19.9. The molecule has 0 saturated carbocycles. The van der Waals surface area contributed by atoms with E-state index >= 15 is 0 Å². The zero-order valence-electron chi connectivity index (χ0n) is 53.4. The summed E-state index contributed by atoms with van der Waals surface area (Å²) in [5.74, 6) is 1.35. The van der Waals surface area contributed by atoms with Gasteiger partial charge in [-0.3, -0.25) is 0 Å². The van der Waals surface area contributed by atoms with Gasteiger partial charge in [0.05, 0.1) is 18.6 Å². The Morgan fingerprint density at radius 1 is 0.216 bits per heavy atom. The zero-order chi connectivity index (χ0) is 64.8. The maximum atomic E-state index is 10.8. The number of rotatable bonds is 16. The van der Waals surface area contributed by atoms with Crippen LogP contribution in [0.1, 0.15) is 22.3 Å². The summed E-state index contributed by atoms with van der Waals surface area (Å²) in [6.07, 6.45) is 0. The Labute approximate surface area is 564 Å². The van der Waals surface area contributed by atoms with Crippen LogP contribution in [0.3, 0.4) is 0 Å². The molecule has 0 saturated heterocycles. The van der Waals surface area contributed by atoms with Crippen LogP contribution < -0.4 is 9.47 Å². The molecule has 2 N–H and O–H groups in total. The van der Waals surface area contributed by atoms with E-state index in [1.807, 2.05) is 0 Å². The molecule has 1 aliphatic rings. The standard InChI is InChI=1S/C93H66O4/c94-53-55-96-91-85(69-45-37-65(38-46-69)79-31-13-21-61-17-1-5-25-75(61)79)57-73(58-86(91)70-47-39-66(40-48-70)80-32-14-22-62-18-2-6-26-76(62)80)93(89-35-11-9-29-83(89)84-30-10-12-36-90(84)93)74-59-87(71-49-41-67(42-50-71)81-33-15-23-63-19-3-7-27-77(63)81)92(97-56-54-95)88(60-74)72-51-43-68(44-52-72)82-34-16-24-64-20-4-8-28-78(64)82/h1-52,57-60,94-95H,53-56H2. The fourth-order valence-electron chi connectivity index (χ4n) is 15.4. The van der Waals surface area contributed by atoms with Gasteiger partial charge < -0.3 is 19.7 Å². The third kappa shape index (κ3) is 10.3. The predicted octanol–water partition coefficient (Wildman–Crippen LogP) is 22.7. The highest BCUT2D eigenvalue weighted by Gasteiger charge is 2.47. The van der Waals surface area contributed by atoms with Gasteiger partial charge in [0.15, 0.2) is 0 Å². The van der Waals surface area contributed by atoms with Gasteiger partial charge in [-0.15, -0.1) is 0 Å². The second-order valence-electron chi connectivity index (χ2n) is 25.2. The molecule has 16 aromatic carbocycles. The Balaban J connectivity index is 0.946. The topological polar surface area (TPSA) is 58.9 Å². The minimum atomic E-state index is -0.997. The number of ether oxygens (including phenoxy) is 2. The summed E-state index contributed by atoms with van der Waals surface area (Å²) >= 11 is 0. The molecule has 0 bridgehead atoms. The molecule has 0 radical (unpaired) electrons. The maximum Gasteiger partial charge on any atom is 0.135 e. The number of benzene rings is 16. The molecule has 0 heterocycles. The predicted molar refractivity (Wildman–Crippen MR) is 402 cm³/mol. The van der Waals surface area contributed by atoms with Crippen LogP contribution >= 0.6 is 0 Å². The second kappa shape index (κ2) is 25.1. The number of aliphatic hydroxyl groups is 2. The molecule has 97 heavy (non-hydrogen) atoms. The van der Waals surface area contributed by atoms with Crippen molar-refractivity contribution in [2.24, 2.45) is 0 Å². The molecule has 0 aromatic heterocycles. The first-order chi connectivity index (χ1) is 48.0. The van der Waals surface area contributed by atoms with Crippen molar-refractivity contribution in [3.63, 3.8) is 0 Å². The van der Waals surface area contributed by atoms with Crippen LogP contribution in [0.25, 0.3) is 143 Å². The monoisotopic (exact) mass is 1250 g/mol. The Morgan fingerprint density at radius 2 is 0.433 bits per heavy atom. The van der Waals surface area contributed by atoms with Gasteiger partial charge in [-0.2, -0.15) is 0 Å². The van der Waals surface area contributed by atoms with E-state index in [-0.39, 0.29) is 26.4 Å². The van der Waals surface area contributed by atoms with E-state index in [2.05, 4.69) is 340 Å². The lowest BCUT2D eigenvalue weighted by Gasteiger charge is -2.36. The summed E-state index contributed by atoms with van der Waals surface area (Å²) in [7, 11) is 0. The Bertz CT molecular complexity index is 4990. The van der Waals surface area contributed by atoms with Crippen LogP contribution in [0.5, 0.6) is 11.5 Å². The van der Waals surface area contributed by atoms with Gasteiger partial charge >= 0.3 is 0 Å². The fraction of sp³-hybridized carbons (Fsp3) is 0.0538. The first kappa shape index (κ1) is 58.9. The molecule has 1 aliphatic carbocycles. The van der Waals surface area contributed by atoms with Crippen molar-refractivity contribution in [1.82, 2.24) is 0 Å². The van der Waals surface area contributed by atoms with Gasteiger partial charge in [0, 0.05) is 22.3 Å². The molecule has 0 spiro atoms. The van der Waals surface area contributed by atoms with E-state index < -0.39 is 5.41 Å². The highest BCUT2D eigenvalue weighted by Crippen LogP contribution is 2.60. The van der Waals surface area contributed by atoms with E-state index in [9.17, 15) is 10.2 Å². The molecule has 462 valence electrons. The van der Waals surface area contributed by atoms with Gasteiger partial charge in [0.2, 0.25) is 0 Å². The van der Waals surface area contributed by atoms with Crippen molar-refractivity contribution in [3.8, 4) is 112 Å². The van der Waals surface area contributed by atoms with E-state index in [1.54, 1.807) is 0 Å². The molecule has 0 fully saturated rings. The molecule has 0 atom stereocenters. The van der Waals surface area contributed by atoms with Crippen LogP contribution in [-0.2, 0) is 5.41 Å². The Hall–Kier alpha value is -11.9. The molecule has 16 aromatic rings. The van der Waals surface area contributed by atoms with Gasteiger partial charge in [0.25, 0.3) is 0 Å². The number of hydrogen-bond donors (Lipinski definition) is 2. The van der Waals surface area contributed by atoms with Crippen molar-refractivity contribution in [1.29, 1.82) is 0 Å². The lowest BCUT2D eigenvalue weighted by Crippen LogP contribution is -2.29. The van der Waals surface area contributed by atoms with E-state index in [4.69, 9.17) is 9.47 Å². The van der Waals surface area contributed by atoms with Crippen LogP contribution in [0.2, 0.25) is 0 Å². The average Bonchev–Trinajstić information content (AvgIpc) is 1.56. The maximum absolute atomic E-state index is 10.8. The fourth-order valence-corrected chi connectivity index (χ4v) is 15.4. The van der Waals surface area contributed by atoms with E-state index in [0.29, 0.717) is 11.5 Å². The second-order valence-corrected chi connectivity index (χ2v) is 25.2. The van der Waals surface area contributed by atoms with Crippen LogP contribution in [0.4, 0.5) is 0 Å². The summed E-state index contributed by atoms with van der Waals surface area (Å²) in [6, 6.07) is 123. The van der Waals surface area contributed by atoms with Gasteiger partial charge in [-0.05, 0) is 167 Å². The largest absolute Gasteiger partial charge is 0.490 e. The highest BCUT2D eigenvalue weighted by molar-refractivity contribution is 6.02. The van der Waals surface area contributed by atoms with Crippen molar-refractivity contribution >= 4 is 43.1 Å². The molecule has 0 unspecified atom stereocenters. The zero-order valence-corrected chi connectivity index (χ0v) is 53.4. The van der Waals surface area contributed by atoms with Crippen LogP contribution in [0, 0.1) is 0 Å². The van der Waals surface area contributed by atoms with E-state index in [0.717, 1.165) is 122 Å². The summed E-state index contributed by atoms with van der Waals surface area (Å²) in [4.78, 5) is 0. The number of aliphatic hydroxyl groups excluding tert-OH is 2. The van der Waals surface area contributed by atoms with Gasteiger partial charge in [-0.25, -0.2) is 0 Å². The summed E-state index contributed by atoms with van der Waals surface area (Å²) in [6.45, 7) is -0.182. The smallest absolute Gasteiger partial charge is 0.135 e. The number of hydrogen-bond acceptors (Lipinski definition) is 4. The molecule has 0 aliphatic heterocycles. The SMILES string of the molecule is OCCOc1c(-c2ccc(-c3cccc4ccccc34)cc2)cc(C2(c3cc(-c4ccc(-c5cccc6ccccc56)cc4)c(OCCO)c(-c4ccc(-c5cccc6ccccc56)cc4)c3)c3ccccc3-c3ccccc32)cc1-c1ccc(-c2cccc3ccccc23)cc1.